The predicted octanol–water partition coefficient (Wildman–Crippen LogP) is 5.43. The number of hydrogen-bond donors (Lipinski definition) is 2. The number of halogens is 1. The molecule has 0 saturated heterocycles. The van der Waals surface area contributed by atoms with E-state index in [9.17, 15) is 4.39 Å². The molecule has 0 radical (unpaired) electrons. The molecule has 0 heterocycles. The van der Waals surface area contributed by atoms with Crippen molar-refractivity contribution in [2.45, 2.75) is 0 Å². The lowest BCUT2D eigenvalue weighted by Gasteiger charge is -2.14. The molecular weight excluding hydrogens is 323 g/mol. The van der Waals surface area contributed by atoms with E-state index >= 15 is 0 Å². The molecular formula is C19H15FN2OS. The zero-order chi connectivity index (χ0) is 16.8. The Balaban J connectivity index is 1.70. The van der Waals surface area contributed by atoms with E-state index in [1.54, 1.807) is 12.1 Å². The molecule has 3 aromatic carbocycles. The maximum Gasteiger partial charge on any atom is 0.175 e. The second-order valence-electron chi connectivity index (χ2n) is 5.00. The summed E-state index contributed by atoms with van der Waals surface area (Å²) in [7, 11) is 0. The van der Waals surface area contributed by atoms with Crippen LogP contribution in [0.2, 0.25) is 0 Å². The minimum atomic E-state index is -0.291. The molecule has 3 aromatic rings. The summed E-state index contributed by atoms with van der Waals surface area (Å²) in [5.74, 6) is 1.11. The highest BCUT2D eigenvalue weighted by atomic mass is 32.1. The molecule has 0 spiro atoms. The minimum Gasteiger partial charge on any atom is -0.455 e. The van der Waals surface area contributed by atoms with Gasteiger partial charge in [0.25, 0.3) is 0 Å². The van der Waals surface area contributed by atoms with Crippen molar-refractivity contribution in [1.82, 2.24) is 0 Å². The van der Waals surface area contributed by atoms with Gasteiger partial charge in [-0.15, -0.1) is 0 Å². The largest absolute Gasteiger partial charge is 0.455 e. The first-order valence-electron chi connectivity index (χ1n) is 7.36. The summed E-state index contributed by atoms with van der Waals surface area (Å²) in [6, 6.07) is 23.0. The fraction of sp³-hybridized carbons (Fsp3) is 0. The average Bonchev–Trinajstić information content (AvgIpc) is 2.60. The minimum absolute atomic E-state index is 0.291. The normalized spacial score (nSPS) is 10.0. The van der Waals surface area contributed by atoms with Gasteiger partial charge in [0.2, 0.25) is 0 Å². The summed E-state index contributed by atoms with van der Waals surface area (Å²) >= 11 is 5.30. The lowest BCUT2D eigenvalue weighted by molar-refractivity contribution is 0.485. The summed E-state index contributed by atoms with van der Waals surface area (Å²) in [5, 5.41) is 6.50. The molecule has 3 rings (SSSR count). The van der Waals surface area contributed by atoms with Crippen LogP contribution in [0.4, 0.5) is 15.8 Å². The van der Waals surface area contributed by atoms with Crippen LogP contribution in [0.3, 0.4) is 0 Å². The van der Waals surface area contributed by atoms with Crippen LogP contribution >= 0.6 is 12.2 Å². The Labute approximate surface area is 145 Å². The maximum atomic E-state index is 12.9. The molecule has 2 N–H and O–H groups in total. The van der Waals surface area contributed by atoms with Crippen LogP contribution < -0.4 is 15.4 Å². The van der Waals surface area contributed by atoms with Crippen LogP contribution in [0.25, 0.3) is 0 Å². The number of ether oxygens (including phenoxy) is 1. The fourth-order valence-corrected chi connectivity index (χ4v) is 2.32. The van der Waals surface area contributed by atoms with Gasteiger partial charge in [-0.25, -0.2) is 4.39 Å². The molecule has 120 valence electrons. The highest BCUT2D eigenvalue weighted by Gasteiger charge is 2.06. The van der Waals surface area contributed by atoms with E-state index in [2.05, 4.69) is 10.6 Å². The van der Waals surface area contributed by atoms with Crippen LogP contribution in [0, 0.1) is 5.82 Å². The average molecular weight is 338 g/mol. The second kappa shape index (κ2) is 7.57. The smallest absolute Gasteiger partial charge is 0.175 e. The number of hydrogen-bond acceptors (Lipinski definition) is 2. The SMILES string of the molecule is Fc1ccc(NC(=S)Nc2ccccc2Oc2ccccc2)cc1. The van der Waals surface area contributed by atoms with Crippen molar-refractivity contribution in [2.24, 2.45) is 0 Å². The van der Waals surface area contributed by atoms with Gasteiger partial charge in [0.05, 0.1) is 5.69 Å². The van der Waals surface area contributed by atoms with E-state index in [1.165, 1.54) is 12.1 Å². The predicted molar refractivity (Wildman–Crippen MR) is 99.2 cm³/mol. The van der Waals surface area contributed by atoms with Gasteiger partial charge in [0.15, 0.2) is 10.9 Å². The van der Waals surface area contributed by atoms with Crippen molar-refractivity contribution in [3.63, 3.8) is 0 Å². The van der Waals surface area contributed by atoms with Crippen molar-refractivity contribution in [3.05, 3.63) is 84.7 Å². The van der Waals surface area contributed by atoms with Crippen molar-refractivity contribution in [2.75, 3.05) is 10.6 Å². The Hall–Kier alpha value is -2.92. The lowest BCUT2D eigenvalue weighted by Crippen LogP contribution is -2.19. The zero-order valence-corrected chi connectivity index (χ0v) is 13.5. The van der Waals surface area contributed by atoms with Gasteiger partial charge in [-0.1, -0.05) is 30.3 Å². The summed E-state index contributed by atoms with van der Waals surface area (Å²) in [5.41, 5.74) is 1.44. The van der Waals surface area contributed by atoms with Crippen molar-refractivity contribution < 1.29 is 9.13 Å². The molecule has 0 unspecified atom stereocenters. The Morgan fingerprint density at radius 3 is 2.21 bits per heavy atom. The number of para-hydroxylation sites is 3. The van der Waals surface area contributed by atoms with Crippen LogP contribution in [-0.4, -0.2) is 5.11 Å². The monoisotopic (exact) mass is 338 g/mol. The number of benzene rings is 3. The van der Waals surface area contributed by atoms with Gasteiger partial charge in [-0.05, 0) is 60.7 Å². The molecule has 0 amide bonds. The van der Waals surface area contributed by atoms with Gasteiger partial charge in [0.1, 0.15) is 11.6 Å². The maximum absolute atomic E-state index is 12.9. The molecule has 0 aliphatic rings. The molecule has 24 heavy (non-hydrogen) atoms. The Morgan fingerprint density at radius 2 is 1.46 bits per heavy atom. The Kier molecular flexibility index (Phi) is 5.03. The highest BCUT2D eigenvalue weighted by Crippen LogP contribution is 2.29. The van der Waals surface area contributed by atoms with E-state index in [0.717, 1.165) is 11.4 Å². The first kappa shape index (κ1) is 16.0. The molecule has 0 aliphatic carbocycles. The topological polar surface area (TPSA) is 33.3 Å². The summed E-state index contributed by atoms with van der Waals surface area (Å²) < 4.78 is 18.8. The lowest BCUT2D eigenvalue weighted by atomic mass is 10.3. The summed E-state index contributed by atoms with van der Waals surface area (Å²) in [6.07, 6.45) is 0. The second-order valence-corrected chi connectivity index (χ2v) is 5.41. The van der Waals surface area contributed by atoms with Gasteiger partial charge in [-0.2, -0.15) is 0 Å². The molecule has 0 aromatic heterocycles. The van der Waals surface area contributed by atoms with Crippen molar-refractivity contribution in [1.29, 1.82) is 0 Å². The Bertz CT molecular complexity index is 822. The standard InChI is InChI=1S/C19H15FN2OS/c20-14-10-12-15(13-11-14)21-19(24)22-17-8-4-5-9-18(17)23-16-6-2-1-3-7-16/h1-13H,(H2,21,22,24). The van der Waals surface area contributed by atoms with Gasteiger partial charge in [-0.3, -0.25) is 0 Å². The number of anilines is 2. The molecule has 0 atom stereocenters. The molecule has 5 heteroatoms. The molecule has 3 nitrogen and oxygen atoms in total. The van der Waals surface area contributed by atoms with Crippen molar-refractivity contribution >= 4 is 28.7 Å². The summed E-state index contributed by atoms with van der Waals surface area (Å²) in [6.45, 7) is 0. The zero-order valence-electron chi connectivity index (χ0n) is 12.7. The van der Waals surface area contributed by atoms with Crippen molar-refractivity contribution in [3.8, 4) is 11.5 Å². The highest BCUT2D eigenvalue weighted by molar-refractivity contribution is 7.80. The molecule has 0 fully saturated rings. The van der Waals surface area contributed by atoms with Crippen LogP contribution in [0.15, 0.2) is 78.9 Å². The molecule has 0 aliphatic heterocycles. The van der Waals surface area contributed by atoms with E-state index in [1.807, 2.05) is 54.6 Å². The number of rotatable bonds is 4. The Morgan fingerprint density at radius 1 is 0.792 bits per heavy atom. The first-order valence-corrected chi connectivity index (χ1v) is 7.77. The molecule has 0 bridgehead atoms. The first-order chi connectivity index (χ1) is 11.7. The van der Waals surface area contributed by atoms with Gasteiger partial charge in [0, 0.05) is 5.69 Å². The van der Waals surface area contributed by atoms with Gasteiger partial charge < -0.3 is 15.4 Å². The number of thiocarbonyl (C=S) groups is 1. The van der Waals surface area contributed by atoms with E-state index in [-0.39, 0.29) is 5.82 Å². The quantitative estimate of drug-likeness (QED) is 0.622. The van der Waals surface area contributed by atoms with Crippen LogP contribution in [-0.2, 0) is 0 Å². The third-order valence-corrected chi connectivity index (χ3v) is 3.41. The van der Waals surface area contributed by atoms with Crippen LogP contribution in [0.1, 0.15) is 0 Å². The summed E-state index contributed by atoms with van der Waals surface area (Å²) in [4.78, 5) is 0. The third-order valence-electron chi connectivity index (χ3n) is 3.21. The van der Waals surface area contributed by atoms with Crippen LogP contribution in [0.5, 0.6) is 11.5 Å². The fourth-order valence-electron chi connectivity index (χ4n) is 2.09. The van der Waals surface area contributed by atoms with E-state index in [0.29, 0.717) is 16.5 Å². The molecule has 0 saturated carbocycles. The van der Waals surface area contributed by atoms with E-state index in [4.69, 9.17) is 17.0 Å². The van der Waals surface area contributed by atoms with Gasteiger partial charge >= 0.3 is 0 Å². The third kappa shape index (κ3) is 4.30. The van der Waals surface area contributed by atoms with E-state index < -0.39 is 0 Å². The number of nitrogens with one attached hydrogen (secondary N) is 2.